The van der Waals surface area contributed by atoms with Crippen LogP contribution >= 0.6 is 27.5 Å². The van der Waals surface area contributed by atoms with Gasteiger partial charge in [-0.05, 0) is 56.7 Å². The van der Waals surface area contributed by atoms with Gasteiger partial charge in [0.05, 0.1) is 0 Å². The van der Waals surface area contributed by atoms with E-state index in [0.29, 0.717) is 0 Å². The van der Waals surface area contributed by atoms with Crippen LogP contribution in [0.3, 0.4) is 0 Å². The SMILES string of the molecule is CCCC(C)(CNC(C)(C)C)Cc1ccc(Br)cc1Cl. The molecular weight excluding hydrogens is 334 g/mol. The van der Waals surface area contributed by atoms with E-state index < -0.39 is 0 Å². The number of halogens is 2. The van der Waals surface area contributed by atoms with Crippen molar-refractivity contribution in [2.75, 3.05) is 6.54 Å². The van der Waals surface area contributed by atoms with Gasteiger partial charge in [0.25, 0.3) is 0 Å². The summed E-state index contributed by atoms with van der Waals surface area (Å²) in [6.07, 6.45) is 3.40. The van der Waals surface area contributed by atoms with E-state index in [9.17, 15) is 0 Å². The van der Waals surface area contributed by atoms with E-state index in [2.05, 4.69) is 68.0 Å². The zero-order chi connectivity index (χ0) is 15.4. The molecule has 0 aromatic heterocycles. The number of hydrogen-bond acceptors (Lipinski definition) is 1. The van der Waals surface area contributed by atoms with Crippen LogP contribution in [0.5, 0.6) is 0 Å². The van der Waals surface area contributed by atoms with Crippen molar-refractivity contribution >= 4 is 27.5 Å². The van der Waals surface area contributed by atoms with Gasteiger partial charge in [-0.15, -0.1) is 0 Å². The molecule has 1 N–H and O–H groups in total. The van der Waals surface area contributed by atoms with Crippen molar-refractivity contribution in [3.8, 4) is 0 Å². The zero-order valence-electron chi connectivity index (χ0n) is 13.3. The second-order valence-corrected chi connectivity index (χ2v) is 8.40. The normalized spacial score (nSPS) is 15.2. The predicted molar refractivity (Wildman–Crippen MR) is 93.6 cm³/mol. The van der Waals surface area contributed by atoms with E-state index in [4.69, 9.17) is 11.6 Å². The van der Waals surface area contributed by atoms with Gasteiger partial charge in [-0.25, -0.2) is 0 Å². The smallest absolute Gasteiger partial charge is 0.0449 e. The van der Waals surface area contributed by atoms with Gasteiger partial charge in [0.15, 0.2) is 0 Å². The molecule has 3 heteroatoms. The fourth-order valence-corrected chi connectivity index (χ4v) is 3.19. The fourth-order valence-electron chi connectivity index (χ4n) is 2.45. The largest absolute Gasteiger partial charge is 0.312 e. The molecule has 0 saturated heterocycles. The Kier molecular flexibility index (Phi) is 6.56. The molecule has 114 valence electrons. The van der Waals surface area contributed by atoms with Crippen molar-refractivity contribution in [3.63, 3.8) is 0 Å². The molecule has 1 rings (SSSR count). The van der Waals surface area contributed by atoms with E-state index in [-0.39, 0.29) is 11.0 Å². The monoisotopic (exact) mass is 359 g/mol. The molecule has 0 aliphatic heterocycles. The Hall–Kier alpha value is -0.0500. The highest BCUT2D eigenvalue weighted by molar-refractivity contribution is 9.10. The second kappa shape index (κ2) is 7.29. The summed E-state index contributed by atoms with van der Waals surface area (Å²) in [6.45, 7) is 12.3. The highest BCUT2D eigenvalue weighted by Crippen LogP contribution is 2.32. The van der Waals surface area contributed by atoms with E-state index in [1.807, 2.05) is 6.07 Å². The van der Waals surface area contributed by atoms with Crippen LogP contribution in [0.25, 0.3) is 0 Å². The molecule has 1 aromatic carbocycles. The first-order chi connectivity index (χ1) is 9.15. The molecule has 1 atom stereocenters. The number of rotatable bonds is 6. The van der Waals surface area contributed by atoms with Gasteiger partial charge in [-0.3, -0.25) is 0 Å². The first-order valence-corrected chi connectivity index (χ1v) is 8.51. The minimum absolute atomic E-state index is 0.151. The van der Waals surface area contributed by atoms with Gasteiger partial charge in [-0.1, -0.05) is 53.9 Å². The topological polar surface area (TPSA) is 12.0 Å². The van der Waals surface area contributed by atoms with Crippen molar-refractivity contribution < 1.29 is 0 Å². The summed E-state index contributed by atoms with van der Waals surface area (Å²) >= 11 is 9.84. The Labute approximate surface area is 137 Å². The third kappa shape index (κ3) is 6.15. The molecule has 0 spiro atoms. The Morgan fingerprint density at radius 1 is 1.20 bits per heavy atom. The van der Waals surface area contributed by atoms with Crippen LogP contribution < -0.4 is 5.32 Å². The average Bonchev–Trinajstić information content (AvgIpc) is 2.30. The van der Waals surface area contributed by atoms with E-state index in [1.165, 1.54) is 18.4 Å². The molecule has 20 heavy (non-hydrogen) atoms. The molecule has 0 fully saturated rings. The quantitative estimate of drug-likeness (QED) is 0.672. The van der Waals surface area contributed by atoms with Gasteiger partial charge < -0.3 is 5.32 Å². The van der Waals surface area contributed by atoms with Crippen molar-refractivity contribution in [1.29, 1.82) is 0 Å². The molecule has 0 aliphatic carbocycles. The van der Waals surface area contributed by atoms with Crippen LogP contribution in [0.2, 0.25) is 5.02 Å². The van der Waals surface area contributed by atoms with Gasteiger partial charge in [0, 0.05) is 21.6 Å². The molecule has 1 aromatic rings. The lowest BCUT2D eigenvalue weighted by molar-refractivity contribution is 0.244. The Morgan fingerprint density at radius 2 is 1.85 bits per heavy atom. The van der Waals surface area contributed by atoms with Gasteiger partial charge in [-0.2, -0.15) is 0 Å². The van der Waals surface area contributed by atoms with Crippen LogP contribution in [0, 0.1) is 5.41 Å². The number of nitrogens with one attached hydrogen (secondary N) is 1. The van der Waals surface area contributed by atoms with Crippen LogP contribution in [0.4, 0.5) is 0 Å². The molecule has 0 radical (unpaired) electrons. The van der Waals surface area contributed by atoms with Crippen molar-refractivity contribution in [2.24, 2.45) is 5.41 Å². The lowest BCUT2D eigenvalue weighted by Gasteiger charge is -2.34. The van der Waals surface area contributed by atoms with Crippen molar-refractivity contribution in [3.05, 3.63) is 33.3 Å². The lowest BCUT2D eigenvalue weighted by Crippen LogP contribution is -2.43. The molecule has 0 heterocycles. The maximum Gasteiger partial charge on any atom is 0.0449 e. The van der Waals surface area contributed by atoms with E-state index >= 15 is 0 Å². The van der Waals surface area contributed by atoms with Crippen LogP contribution in [-0.2, 0) is 6.42 Å². The van der Waals surface area contributed by atoms with Gasteiger partial charge in [0.1, 0.15) is 0 Å². The maximum absolute atomic E-state index is 6.38. The van der Waals surface area contributed by atoms with Crippen LogP contribution in [0.1, 0.15) is 53.0 Å². The van der Waals surface area contributed by atoms with Crippen molar-refractivity contribution in [1.82, 2.24) is 5.32 Å². The van der Waals surface area contributed by atoms with Crippen LogP contribution in [0.15, 0.2) is 22.7 Å². The molecule has 0 amide bonds. The Balaban J connectivity index is 2.84. The Bertz CT molecular complexity index is 439. The van der Waals surface area contributed by atoms with E-state index in [0.717, 1.165) is 22.5 Å². The molecule has 0 saturated carbocycles. The van der Waals surface area contributed by atoms with Gasteiger partial charge >= 0.3 is 0 Å². The molecule has 0 bridgehead atoms. The second-order valence-electron chi connectivity index (χ2n) is 7.08. The summed E-state index contributed by atoms with van der Waals surface area (Å²) in [4.78, 5) is 0. The molecule has 1 nitrogen and oxygen atoms in total. The van der Waals surface area contributed by atoms with Crippen molar-refractivity contribution in [2.45, 2.75) is 59.4 Å². The summed E-state index contributed by atoms with van der Waals surface area (Å²) in [5, 5.41) is 4.50. The summed E-state index contributed by atoms with van der Waals surface area (Å²) < 4.78 is 1.04. The average molecular weight is 361 g/mol. The highest BCUT2D eigenvalue weighted by atomic mass is 79.9. The standard InChI is InChI=1S/C17H27BrClN/c1-6-9-17(5,12-20-16(2,3)4)11-13-7-8-14(18)10-15(13)19/h7-8,10,20H,6,9,11-12H2,1-5H3. The maximum atomic E-state index is 6.38. The summed E-state index contributed by atoms with van der Waals surface area (Å²) in [5.74, 6) is 0. The zero-order valence-corrected chi connectivity index (χ0v) is 15.7. The summed E-state index contributed by atoms with van der Waals surface area (Å²) in [5.41, 5.74) is 1.62. The Morgan fingerprint density at radius 3 is 2.35 bits per heavy atom. The lowest BCUT2D eigenvalue weighted by atomic mass is 9.79. The minimum Gasteiger partial charge on any atom is -0.312 e. The summed E-state index contributed by atoms with van der Waals surface area (Å²) in [6, 6.07) is 6.20. The molecule has 1 unspecified atom stereocenters. The fraction of sp³-hybridized carbons (Fsp3) is 0.647. The highest BCUT2D eigenvalue weighted by Gasteiger charge is 2.26. The number of hydrogen-bond donors (Lipinski definition) is 1. The summed E-state index contributed by atoms with van der Waals surface area (Å²) in [7, 11) is 0. The third-order valence-corrected chi connectivity index (χ3v) is 4.38. The van der Waals surface area contributed by atoms with Gasteiger partial charge in [0.2, 0.25) is 0 Å². The predicted octanol–water partition coefficient (Wildman–Crippen LogP) is 5.84. The molecule has 0 aliphatic rings. The first-order valence-electron chi connectivity index (χ1n) is 7.34. The van der Waals surface area contributed by atoms with Crippen LogP contribution in [-0.4, -0.2) is 12.1 Å². The first kappa shape index (κ1) is 18.0. The van der Waals surface area contributed by atoms with E-state index in [1.54, 1.807) is 0 Å². The third-order valence-electron chi connectivity index (χ3n) is 3.53. The minimum atomic E-state index is 0.151. The number of benzene rings is 1. The molecular formula is C17H27BrClN.